The molecule has 0 saturated heterocycles. The minimum absolute atomic E-state index is 0.305. The third-order valence-electron chi connectivity index (χ3n) is 3.69. The lowest BCUT2D eigenvalue weighted by Gasteiger charge is -2.18. The highest BCUT2D eigenvalue weighted by atomic mass is 19.1. The molecule has 0 bridgehead atoms. The van der Waals surface area contributed by atoms with E-state index < -0.39 is 0 Å². The second-order valence-corrected chi connectivity index (χ2v) is 5.80. The number of nitrogens with zero attached hydrogens (tertiary/aromatic N) is 2. The number of carbonyl (C=O) groups is 1. The van der Waals surface area contributed by atoms with Gasteiger partial charge in [0, 0.05) is 24.9 Å². The number of pyridine rings is 1. The van der Waals surface area contributed by atoms with Crippen LogP contribution in [0.25, 0.3) is 0 Å². The fourth-order valence-corrected chi connectivity index (χ4v) is 2.37. The second kappa shape index (κ2) is 7.65. The van der Waals surface area contributed by atoms with Crippen molar-refractivity contribution in [3.05, 3.63) is 78.4 Å². The molecule has 0 atom stereocenters. The van der Waals surface area contributed by atoms with Gasteiger partial charge in [-0.1, -0.05) is 18.2 Å². The van der Waals surface area contributed by atoms with Crippen molar-refractivity contribution in [2.75, 3.05) is 17.3 Å². The van der Waals surface area contributed by atoms with Crippen molar-refractivity contribution in [3.63, 3.8) is 0 Å². The summed E-state index contributed by atoms with van der Waals surface area (Å²) in [6.45, 7) is 1.96. The number of nitrogens with one attached hydrogen (secondary N) is 1. The number of anilines is 2. The highest BCUT2D eigenvalue weighted by Crippen LogP contribution is 2.24. The summed E-state index contributed by atoms with van der Waals surface area (Å²) in [5.41, 5.74) is 2.32. The Balaban J connectivity index is 1.71. The van der Waals surface area contributed by atoms with Crippen LogP contribution < -0.4 is 15.0 Å². The molecule has 1 aromatic heterocycles. The molecule has 0 aliphatic carbocycles. The molecule has 2 aromatic carbocycles. The number of aryl methyl sites for hydroxylation is 1. The molecule has 5 nitrogen and oxygen atoms in total. The first-order chi connectivity index (χ1) is 12.5. The van der Waals surface area contributed by atoms with E-state index in [1.165, 1.54) is 29.4 Å². The van der Waals surface area contributed by atoms with Crippen LogP contribution in [0.4, 0.5) is 20.6 Å². The summed E-state index contributed by atoms with van der Waals surface area (Å²) in [4.78, 5) is 18.0. The maximum Gasteiger partial charge on any atom is 0.326 e. The van der Waals surface area contributed by atoms with Gasteiger partial charge in [0.05, 0.1) is 18.1 Å². The van der Waals surface area contributed by atoms with Gasteiger partial charge >= 0.3 is 6.03 Å². The zero-order valence-electron chi connectivity index (χ0n) is 14.4. The first kappa shape index (κ1) is 17.4. The number of amides is 2. The summed E-state index contributed by atoms with van der Waals surface area (Å²) in [5.74, 6) is 0.360. The maximum atomic E-state index is 13.2. The summed E-state index contributed by atoms with van der Waals surface area (Å²) in [6, 6.07) is 14.8. The third kappa shape index (κ3) is 4.36. The summed E-state index contributed by atoms with van der Waals surface area (Å²) < 4.78 is 18.8. The molecule has 2 amide bonds. The maximum absolute atomic E-state index is 13.2. The summed E-state index contributed by atoms with van der Waals surface area (Å²) in [5, 5.41) is 2.77. The summed E-state index contributed by atoms with van der Waals surface area (Å²) >= 11 is 0. The molecule has 0 saturated carbocycles. The number of hydrogen-bond acceptors (Lipinski definition) is 3. The predicted molar refractivity (Wildman–Crippen MR) is 99.3 cm³/mol. The molecule has 6 heteroatoms. The van der Waals surface area contributed by atoms with Crippen LogP contribution in [0.3, 0.4) is 0 Å². The largest absolute Gasteiger partial charge is 0.456 e. The van der Waals surface area contributed by atoms with Crippen LogP contribution in [0.2, 0.25) is 0 Å². The quantitative estimate of drug-likeness (QED) is 0.720. The van der Waals surface area contributed by atoms with Crippen LogP contribution in [-0.4, -0.2) is 18.1 Å². The average Bonchev–Trinajstić information content (AvgIpc) is 2.61. The van der Waals surface area contributed by atoms with Crippen molar-refractivity contribution in [2.45, 2.75) is 6.92 Å². The Hall–Kier alpha value is -3.41. The van der Waals surface area contributed by atoms with Crippen molar-refractivity contribution in [1.82, 2.24) is 4.98 Å². The molecule has 0 spiro atoms. The number of carbonyl (C=O) groups excluding carboxylic acids is 1. The standard InChI is InChI=1S/C20H18FN3O2/c1-14-5-3-7-17(9-14)24(2)20(25)23-16-11-19(13-22-12-16)26-18-8-4-6-15(21)10-18/h3-13H,1-2H3,(H,23,25). The van der Waals surface area contributed by atoms with E-state index in [2.05, 4.69) is 10.3 Å². The Labute approximate surface area is 151 Å². The van der Waals surface area contributed by atoms with Gasteiger partial charge in [-0.2, -0.15) is 0 Å². The van der Waals surface area contributed by atoms with Gasteiger partial charge in [-0.25, -0.2) is 9.18 Å². The highest BCUT2D eigenvalue weighted by molar-refractivity contribution is 6.01. The molecule has 3 rings (SSSR count). The summed E-state index contributed by atoms with van der Waals surface area (Å²) in [6.07, 6.45) is 3.01. The lowest BCUT2D eigenvalue weighted by molar-refractivity contribution is 0.258. The van der Waals surface area contributed by atoms with E-state index in [4.69, 9.17) is 4.74 Å². The Bertz CT molecular complexity index is 930. The normalized spacial score (nSPS) is 10.3. The van der Waals surface area contributed by atoms with E-state index in [1.807, 2.05) is 31.2 Å². The number of halogens is 1. The van der Waals surface area contributed by atoms with Crippen molar-refractivity contribution in [1.29, 1.82) is 0 Å². The topological polar surface area (TPSA) is 54.5 Å². The van der Waals surface area contributed by atoms with Crippen molar-refractivity contribution >= 4 is 17.4 Å². The van der Waals surface area contributed by atoms with E-state index in [0.717, 1.165) is 11.3 Å². The fraction of sp³-hybridized carbons (Fsp3) is 0.100. The first-order valence-electron chi connectivity index (χ1n) is 8.01. The monoisotopic (exact) mass is 351 g/mol. The third-order valence-corrected chi connectivity index (χ3v) is 3.69. The number of urea groups is 1. The molecule has 3 aromatic rings. The van der Waals surface area contributed by atoms with Gasteiger partial charge < -0.3 is 10.1 Å². The van der Waals surface area contributed by atoms with Gasteiger partial charge in [-0.15, -0.1) is 0 Å². The molecule has 0 fully saturated rings. The zero-order valence-corrected chi connectivity index (χ0v) is 14.4. The van der Waals surface area contributed by atoms with Gasteiger partial charge in [-0.3, -0.25) is 9.88 Å². The number of benzene rings is 2. The predicted octanol–water partition coefficient (Wildman–Crippen LogP) is 4.99. The first-order valence-corrected chi connectivity index (χ1v) is 8.01. The van der Waals surface area contributed by atoms with Gasteiger partial charge in [0.25, 0.3) is 0 Å². The van der Waals surface area contributed by atoms with E-state index in [0.29, 0.717) is 17.2 Å². The molecule has 1 heterocycles. The second-order valence-electron chi connectivity index (χ2n) is 5.80. The molecule has 0 aliphatic heterocycles. The minimum Gasteiger partial charge on any atom is -0.456 e. The van der Waals surface area contributed by atoms with Crippen LogP contribution in [0.15, 0.2) is 67.0 Å². The zero-order chi connectivity index (χ0) is 18.5. The lowest BCUT2D eigenvalue weighted by Crippen LogP contribution is -2.31. The Kier molecular flexibility index (Phi) is 5.12. The number of rotatable bonds is 4. The smallest absolute Gasteiger partial charge is 0.326 e. The van der Waals surface area contributed by atoms with Crippen LogP contribution in [0.5, 0.6) is 11.5 Å². The van der Waals surface area contributed by atoms with Gasteiger partial charge in [0.2, 0.25) is 0 Å². The van der Waals surface area contributed by atoms with Crippen molar-refractivity contribution in [3.8, 4) is 11.5 Å². The molecule has 0 aliphatic rings. The Morgan fingerprint density at radius 1 is 1.08 bits per heavy atom. The van der Waals surface area contributed by atoms with Crippen molar-refractivity contribution in [2.24, 2.45) is 0 Å². The van der Waals surface area contributed by atoms with E-state index in [1.54, 1.807) is 25.2 Å². The molecule has 26 heavy (non-hydrogen) atoms. The number of aromatic nitrogens is 1. The lowest BCUT2D eigenvalue weighted by atomic mass is 10.2. The van der Waals surface area contributed by atoms with Gasteiger partial charge in [0.1, 0.15) is 17.3 Å². The fourth-order valence-electron chi connectivity index (χ4n) is 2.37. The SMILES string of the molecule is Cc1cccc(N(C)C(=O)Nc2cncc(Oc3cccc(F)c3)c2)c1. The molecule has 1 N–H and O–H groups in total. The van der Waals surface area contributed by atoms with E-state index in [9.17, 15) is 9.18 Å². The van der Waals surface area contributed by atoms with E-state index >= 15 is 0 Å². The molecule has 0 unspecified atom stereocenters. The molecule has 0 radical (unpaired) electrons. The summed E-state index contributed by atoms with van der Waals surface area (Å²) in [7, 11) is 1.69. The molecular formula is C20H18FN3O2. The minimum atomic E-state index is -0.389. The average molecular weight is 351 g/mol. The van der Waals surface area contributed by atoms with Crippen molar-refractivity contribution < 1.29 is 13.9 Å². The number of ether oxygens (including phenoxy) is 1. The van der Waals surface area contributed by atoms with Gasteiger partial charge in [-0.05, 0) is 36.8 Å². The van der Waals surface area contributed by atoms with Crippen LogP contribution in [0.1, 0.15) is 5.56 Å². The number of hydrogen-bond donors (Lipinski definition) is 1. The molecular weight excluding hydrogens is 333 g/mol. The van der Waals surface area contributed by atoms with Gasteiger partial charge in [0.15, 0.2) is 0 Å². The van der Waals surface area contributed by atoms with Crippen LogP contribution in [-0.2, 0) is 0 Å². The Morgan fingerprint density at radius 2 is 1.88 bits per heavy atom. The molecule has 132 valence electrons. The highest BCUT2D eigenvalue weighted by Gasteiger charge is 2.12. The Morgan fingerprint density at radius 3 is 2.65 bits per heavy atom. The van der Waals surface area contributed by atoms with Crippen LogP contribution in [0, 0.1) is 12.7 Å². The van der Waals surface area contributed by atoms with E-state index in [-0.39, 0.29) is 11.8 Å². The van der Waals surface area contributed by atoms with Crippen LogP contribution >= 0.6 is 0 Å².